The van der Waals surface area contributed by atoms with E-state index in [1.54, 1.807) is 0 Å². The van der Waals surface area contributed by atoms with Crippen molar-refractivity contribution in [2.75, 3.05) is 25.4 Å². The number of halogens is 2. The van der Waals surface area contributed by atoms with Crippen LogP contribution in [-0.4, -0.2) is 57.6 Å². The maximum absolute atomic E-state index is 14.1. The molecule has 1 unspecified atom stereocenters. The van der Waals surface area contributed by atoms with Gasteiger partial charge in [-0.05, 0) is 6.07 Å². The summed E-state index contributed by atoms with van der Waals surface area (Å²) < 4.78 is 33.8. The summed E-state index contributed by atoms with van der Waals surface area (Å²) in [6, 6.07) is 1.19. The summed E-state index contributed by atoms with van der Waals surface area (Å²) in [5.74, 6) is -3.76. The number of nitrogens with one attached hydrogen (secondary N) is 1. The Kier molecular flexibility index (Phi) is 4.52. The Morgan fingerprint density at radius 1 is 1.57 bits per heavy atom. The Hall–Kier alpha value is -1.62. The lowest BCUT2D eigenvalue weighted by Gasteiger charge is -2.20. The van der Waals surface area contributed by atoms with Gasteiger partial charge in [0.25, 0.3) is 0 Å². The molecule has 1 fully saturated rings. The largest absolute Gasteiger partial charge is 0.395 e. The van der Waals surface area contributed by atoms with Gasteiger partial charge in [0.05, 0.1) is 6.61 Å². The van der Waals surface area contributed by atoms with E-state index >= 15 is 0 Å². The fraction of sp³-hybridized carbons (Fsp3) is 0.636. The molecule has 10 heteroatoms. The molecule has 0 amide bonds. The molecule has 0 bridgehead atoms. The number of ether oxygens (including phenoxy) is 1. The third kappa shape index (κ3) is 3.02. The smallest absolute Gasteiger partial charge is 0.351 e. The summed E-state index contributed by atoms with van der Waals surface area (Å²) in [5.41, 5.74) is 4.30. The van der Waals surface area contributed by atoms with E-state index in [1.165, 1.54) is 6.07 Å². The maximum atomic E-state index is 14.1. The number of aromatic nitrogens is 2. The highest BCUT2D eigenvalue weighted by Gasteiger charge is 2.59. The number of aliphatic hydroxyl groups is 2. The van der Waals surface area contributed by atoms with Gasteiger partial charge in [-0.2, -0.15) is 13.8 Å². The van der Waals surface area contributed by atoms with Crippen molar-refractivity contribution in [3.05, 3.63) is 22.7 Å². The van der Waals surface area contributed by atoms with Crippen molar-refractivity contribution in [2.24, 2.45) is 0 Å². The van der Waals surface area contributed by atoms with Gasteiger partial charge in [-0.3, -0.25) is 4.57 Å². The summed E-state index contributed by atoms with van der Waals surface area (Å²) in [5, 5.41) is 20.9. The second-order valence-corrected chi connectivity index (χ2v) is 4.62. The predicted octanol–water partition coefficient (Wildman–Crippen LogP) is -1.70. The van der Waals surface area contributed by atoms with Gasteiger partial charge in [0.1, 0.15) is 18.0 Å². The van der Waals surface area contributed by atoms with Crippen molar-refractivity contribution in [2.45, 2.75) is 24.4 Å². The van der Waals surface area contributed by atoms with E-state index in [2.05, 4.69) is 10.3 Å². The molecule has 1 aromatic heterocycles. The molecule has 8 nitrogen and oxygen atoms in total. The highest BCUT2D eigenvalue weighted by molar-refractivity contribution is 5.23. The molecule has 1 aliphatic heterocycles. The first-order valence-electron chi connectivity index (χ1n) is 6.25. The third-order valence-electron chi connectivity index (χ3n) is 3.12. The first-order chi connectivity index (χ1) is 9.87. The predicted molar refractivity (Wildman–Crippen MR) is 67.7 cm³/mol. The summed E-state index contributed by atoms with van der Waals surface area (Å²) in [7, 11) is 0. The van der Waals surface area contributed by atoms with Gasteiger partial charge >= 0.3 is 11.6 Å². The Bertz CT molecular complexity index is 553. The summed E-state index contributed by atoms with van der Waals surface area (Å²) in [6.45, 7) is -0.0961. The molecular formula is C11H16F2N4O4. The van der Waals surface area contributed by atoms with E-state index in [-0.39, 0.29) is 25.5 Å². The van der Waals surface area contributed by atoms with Crippen LogP contribution in [0.15, 0.2) is 17.1 Å². The van der Waals surface area contributed by atoms with Gasteiger partial charge in [-0.1, -0.05) is 0 Å². The van der Waals surface area contributed by atoms with Crippen LogP contribution in [0.25, 0.3) is 0 Å². The monoisotopic (exact) mass is 306 g/mol. The summed E-state index contributed by atoms with van der Waals surface area (Å²) in [4.78, 5) is 15.0. The number of nitrogen functional groups attached to an aromatic ring is 1. The van der Waals surface area contributed by atoms with Gasteiger partial charge in [0.2, 0.25) is 6.23 Å². The molecule has 1 saturated heterocycles. The van der Waals surface area contributed by atoms with Crippen molar-refractivity contribution >= 4 is 5.82 Å². The van der Waals surface area contributed by atoms with Crippen LogP contribution in [-0.2, 0) is 4.74 Å². The molecule has 3 atom stereocenters. The van der Waals surface area contributed by atoms with Crippen LogP contribution in [0.2, 0.25) is 0 Å². The number of alkyl halides is 2. The van der Waals surface area contributed by atoms with Crippen molar-refractivity contribution in [1.82, 2.24) is 14.9 Å². The molecule has 2 rings (SSSR count). The highest BCUT2D eigenvalue weighted by Crippen LogP contribution is 2.41. The molecule has 118 valence electrons. The molecule has 5 N–H and O–H groups in total. The molecular weight excluding hydrogens is 290 g/mol. The SMILES string of the molecule is Nc1ccn(C2O[C@H](CNCCO)[C@@H](O)C2(F)F)c(=O)n1. The summed E-state index contributed by atoms with van der Waals surface area (Å²) >= 11 is 0. The lowest BCUT2D eigenvalue weighted by molar-refractivity contribution is -0.140. The van der Waals surface area contributed by atoms with Crippen LogP contribution in [0.4, 0.5) is 14.6 Å². The lowest BCUT2D eigenvalue weighted by atomic mass is 10.1. The number of rotatable bonds is 5. The number of nitrogens with zero attached hydrogens (tertiary/aromatic N) is 2. The van der Waals surface area contributed by atoms with Crippen LogP contribution in [0.5, 0.6) is 0 Å². The van der Waals surface area contributed by atoms with Gasteiger partial charge in [0.15, 0.2) is 0 Å². The van der Waals surface area contributed by atoms with Crippen molar-refractivity contribution in [3.63, 3.8) is 0 Å². The number of hydrogen-bond acceptors (Lipinski definition) is 7. The number of hydrogen-bond donors (Lipinski definition) is 4. The van der Waals surface area contributed by atoms with E-state index < -0.39 is 30.0 Å². The van der Waals surface area contributed by atoms with E-state index in [4.69, 9.17) is 15.6 Å². The van der Waals surface area contributed by atoms with Crippen LogP contribution >= 0.6 is 0 Å². The summed E-state index contributed by atoms with van der Waals surface area (Å²) in [6.07, 6.45) is -4.23. The molecule has 0 aromatic carbocycles. The second-order valence-electron chi connectivity index (χ2n) is 4.62. The van der Waals surface area contributed by atoms with Crippen LogP contribution in [0.3, 0.4) is 0 Å². The number of aliphatic hydroxyl groups excluding tert-OH is 2. The van der Waals surface area contributed by atoms with Crippen molar-refractivity contribution < 1.29 is 23.7 Å². The molecule has 1 aliphatic rings. The highest BCUT2D eigenvalue weighted by atomic mass is 19.3. The molecule has 0 radical (unpaired) electrons. The van der Waals surface area contributed by atoms with Gasteiger partial charge < -0.3 is 26.0 Å². The van der Waals surface area contributed by atoms with Crippen molar-refractivity contribution in [3.8, 4) is 0 Å². The molecule has 0 spiro atoms. The standard InChI is InChI=1S/C11H16F2N4O4/c12-11(13)8(19)6(5-15-2-4-18)21-9(11)17-3-1-7(14)16-10(17)20/h1,3,6,8-9,15,18-19H,2,4-5H2,(H2,14,16,20)/t6-,8-,9?/m1/s1. The first-order valence-corrected chi connectivity index (χ1v) is 6.25. The van der Waals surface area contributed by atoms with Crippen LogP contribution in [0.1, 0.15) is 6.23 Å². The average Bonchev–Trinajstić information content (AvgIpc) is 2.63. The number of anilines is 1. The zero-order chi connectivity index (χ0) is 15.6. The van der Waals surface area contributed by atoms with Crippen molar-refractivity contribution in [1.29, 1.82) is 0 Å². The van der Waals surface area contributed by atoms with Gasteiger partial charge in [0, 0.05) is 19.3 Å². The Morgan fingerprint density at radius 2 is 2.29 bits per heavy atom. The molecule has 2 heterocycles. The van der Waals surface area contributed by atoms with E-state index in [1.807, 2.05) is 0 Å². The zero-order valence-electron chi connectivity index (χ0n) is 10.9. The molecule has 21 heavy (non-hydrogen) atoms. The van der Waals surface area contributed by atoms with E-state index in [0.29, 0.717) is 4.57 Å². The zero-order valence-corrected chi connectivity index (χ0v) is 10.9. The Labute approximate surface area is 118 Å². The third-order valence-corrected chi connectivity index (χ3v) is 3.12. The fourth-order valence-corrected chi connectivity index (χ4v) is 2.06. The van der Waals surface area contributed by atoms with Crippen LogP contribution < -0.4 is 16.7 Å². The lowest BCUT2D eigenvalue weighted by Crippen LogP contribution is -2.43. The van der Waals surface area contributed by atoms with E-state index in [0.717, 1.165) is 6.20 Å². The second kappa shape index (κ2) is 6.02. The minimum absolute atomic E-state index is 0.0923. The minimum atomic E-state index is -3.66. The molecule has 1 aromatic rings. The van der Waals surface area contributed by atoms with Gasteiger partial charge in [-0.15, -0.1) is 0 Å². The molecule has 0 aliphatic carbocycles. The topological polar surface area (TPSA) is 123 Å². The minimum Gasteiger partial charge on any atom is -0.395 e. The first kappa shape index (κ1) is 15.8. The molecule has 0 saturated carbocycles. The normalized spacial score (nSPS) is 27.9. The van der Waals surface area contributed by atoms with E-state index in [9.17, 15) is 18.7 Å². The van der Waals surface area contributed by atoms with Gasteiger partial charge in [-0.25, -0.2) is 4.79 Å². The average molecular weight is 306 g/mol. The number of nitrogens with two attached hydrogens (primary N) is 1. The fourth-order valence-electron chi connectivity index (χ4n) is 2.06. The quantitative estimate of drug-likeness (QED) is 0.478. The maximum Gasteiger partial charge on any atom is 0.351 e. The Balaban J connectivity index is 2.21. The van der Waals surface area contributed by atoms with Crippen LogP contribution in [0, 0.1) is 0 Å². The Morgan fingerprint density at radius 3 is 2.90 bits per heavy atom.